The first kappa shape index (κ1) is 20.5. The summed E-state index contributed by atoms with van der Waals surface area (Å²) in [4.78, 5) is 49.7. The van der Waals surface area contributed by atoms with Crippen LogP contribution in [-0.2, 0) is 25.5 Å². The number of benzene rings is 1. The number of nitrogens with two attached hydrogens (primary N) is 1. The van der Waals surface area contributed by atoms with Gasteiger partial charge in [-0.1, -0.05) is 25.1 Å². The van der Waals surface area contributed by atoms with Crippen LogP contribution in [-0.4, -0.2) is 36.8 Å². The number of hydrogen-bond donors (Lipinski definition) is 2. The van der Waals surface area contributed by atoms with Crippen LogP contribution in [0.4, 0.5) is 10.7 Å². The van der Waals surface area contributed by atoms with Crippen LogP contribution in [0.3, 0.4) is 0 Å². The van der Waals surface area contributed by atoms with Crippen molar-refractivity contribution in [3.05, 3.63) is 46.8 Å². The van der Waals surface area contributed by atoms with Crippen molar-refractivity contribution in [1.29, 1.82) is 0 Å². The van der Waals surface area contributed by atoms with Gasteiger partial charge in [0.2, 0.25) is 5.91 Å². The van der Waals surface area contributed by atoms with E-state index in [4.69, 9.17) is 10.5 Å². The van der Waals surface area contributed by atoms with Crippen LogP contribution in [0.1, 0.15) is 29.3 Å². The lowest BCUT2D eigenvalue weighted by molar-refractivity contribution is -0.151. The maximum Gasteiger partial charge on any atom is 0.311 e. The number of primary amides is 1. The molecule has 29 heavy (non-hydrogen) atoms. The molecule has 3 amide bonds. The number of rotatable bonds is 7. The summed E-state index contributed by atoms with van der Waals surface area (Å²) in [6.07, 6.45) is 0.806. The third-order valence-electron chi connectivity index (χ3n) is 4.65. The summed E-state index contributed by atoms with van der Waals surface area (Å²) in [6.45, 7) is 1.71. The van der Waals surface area contributed by atoms with Crippen molar-refractivity contribution in [3.8, 4) is 0 Å². The van der Waals surface area contributed by atoms with Crippen molar-refractivity contribution in [2.45, 2.75) is 19.8 Å². The highest BCUT2D eigenvalue weighted by Crippen LogP contribution is 2.29. The summed E-state index contributed by atoms with van der Waals surface area (Å²) in [5.74, 6) is -2.63. The number of anilines is 2. The van der Waals surface area contributed by atoms with Gasteiger partial charge >= 0.3 is 5.97 Å². The molecule has 0 unspecified atom stereocenters. The first-order chi connectivity index (χ1) is 13.9. The smallest absolute Gasteiger partial charge is 0.311 e. The molecule has 1 atom stereocenters. The summed E-state index contributed by atoms with van der Waals surface area (Å²) in [5, 5.41) is 4.42. The van der Waals surface area contributed by atoms with Crippen molar-refractivity contribution in [3.63, 3.8) is 0 Å². The van der Waals surface area contributed by atoms with Gasteiger partial charge in [0.25, 0.3) is 11.8 Å². The lowest BCUT2D eigenvalue weighted by Crippen LogP contribution is -2.28. The van der Waals surface area contributed by atoms with Crippen LogP contribution in [0.2, 0.25) is 0 Å². The predicted molar refractivity (Wildman–Crippen MR) is 109 cm³/mol. The highest BCUT2D eigenvalue weighted by atomic mass is 32.1. The Morgan fingerprint density at radius 1 is 1.28 bits per heavy atom. The maximum atomic E-state index is 12.4. The molecular formula is C20H21N3O5S. The zero-order valence-corrected chi connectivity index (χ0v) is 16.7. The highest BCUT2D eigenvalue weighted by molar-refractivity contribution is 7.14. The monoisotopic (exact) mass is 415 g/mol. The number of nitrogens with one attached hydrogen (secondary N) is 1. The third-order valence-corrected chi connectivity index (χ3v) is 5.48. The fraction of sp³-hybridized carbons (Fsp3) is 0.300. The fourth-order valence-corrected chi connectivity index (χ4v) is 4.00. The summed E-state index contributed by atoms with van der Waals surface area (Å²) in [6, 6.07) is 9.06. The number of carbonyl (C=O) groups is 4. The van der Waals surface area contributed by atoms with Crippen LogP contribution in [0, 0.1) is 5.92 Å². The number of hydrogen-bond acceptors (Lipinski definition) is 6. The molecule has 2 heterocycles. The number of thiophene rings is 1. The molecule has 1 aliphatic rings. The van der Waals surface area contributed by atoms with Crippen LogP contribution in [0.25, 0.3) is 0 Å². The lowest BCUT2D eigenvalue weighted by atomic mass is 10.1. The molecule has 1 saturated heterocycles. The predicted octanol–water partition coefficient (Wildman–Crippen LogP) is 1.94. The summed E-state index contributed by atoms with van der Waals surface area (Å²) < 4.78 is 5.08. The molecule has 9 heteroatoms. The molecule has 0 radical (unpaired) electrons. The minimum absolute atomic E-state index is 0.0370. The molecule has 152 valence electrons. The van der Waals surface area contributed by atoms with Crippen LogP contribution >= 0.6 is 11.3 Å². The average Bonchev–Trinajstić information content (AvgIpc) is 3.32. The molecule has 2 aromatic rings. The number of ether oxygens (including phenoxy) is 1. The SMILES string of the molecule is CCc1ccccc1N1C[C@H](C(=O)OCC(=O)Nc2sccc2C(N)=O)CC1=O. The van der Waals surface area contributed by atoms with E-state index >= 15 is 0 Å². The van der Waals surface area contributed by atoms with E-state index in [0.29, 0.717) is 5.00 Å². The molecule has 1 fully saturated rings. The Hall–Kier alpha value is -3.20. The van der Waals surface area contributed by atoms with E-state index in [1.165, 1.54) is 6.07 Å². The van der Waals surface area contributed by atoms with Gasteiger partial charge in [0.05, 0.1) is 11.5 Å². The second kappa shape index (κ2) is 8.87. The molecular weight excluding hydrogens is 394 g/mol. The molecule has 3 N–H and O–H groups in total. The zero-order valence-electron chi connectivity index (χ0n) is 15.8. The number of aryl methyl sites for hydroxylation is 1. The van der Waals surface area contributed by atoms with Crippen molar-refractivity contribution in [2.24, 2.45) is 11.7 Å². The quantitative estimate of drug-likeness (QED) is 0.670. The van der Waals surface area contributed by atoms with E-state index in [2.05, 4.69) is 5.32 Å². The van der Waals surface area contributed by atoms with Gasteiger partial charge in [-0.3, -0.25) is 19.2 Å². The van der Waals surface area contributed by atoms with Crippen molar-refractivity contribution in [1.82, 2.24) is 0 Å². The fourth-order valence-electron chi connectivity index (χ4n) is 3.19. The lowest BCUT2D eigenvalue weighted by Gasteiger charge is -2.19. The molecule has 0 aliphatic carbocycles. The van der Waals surface area contributed by atoms with Crippen molar-refractivity contribution < 1.29 is 23.9 Å². The Kier molecular flexibility index (Phi) is 6.28. The molecule has 0 bridgehead atoms. The normalized spacial score (nSPS) is 16.0. The van der Waals surface area contributed by atoms with Gasteiger partial charge in [-0.15, -0.1) is 11.3 Å². The Morgan fingerprint density at radius 2 is 2.03 bits per heavy atom. The Bertz CT molecular complexity index is 955. The molecule has 0 spiro atoms. The standard InChI is InChI=1S/C20H21N3O5S/c1-2-12-5-3-4-6-15(12)23-10-13(9-17(23)25)20(27)28-11-16(24)22-19-14(18(21)26)7-8-29-19/h3-8,13H,2,9-11H2,1H3,(H2,21,26)(H,22,24)/t13-/m1/s1. The largest absolute Gasteiger partial charge is 0.455 e. The Morgan fingerprint density at radius 3 is 2.76 bits per heavy atom. The number of carbonyl (C=O) groups excluding carboxylic acids is 4. The molecule has 8 nitrogen and oxygen atoms in total. The number of nitrogens with zero attached hydrogens (tertiary/aromatic N) is 1. The summed E-state index contributed by atoms with van der Waals surface area (Å²) in [7, 11) is 0. The van der Waals surface area contributed by atoms with Gasteiger partial charge < -0.3 is 20.7 Å². The highest BCUT2D eigenvalue weighted by Gasteiger charge is 2.37. The minimum atomic E-state index is -0.657. The van der Waals surface area contributed by atoms with Gasteiger partial charge in [0, 0.05) is 18.7 Å². The first-order valence-corrected chi connectivity index (χ1v) is 10.0. The number of esters is 1. The Balaban J connectivity index is 1.56. The number of amides is 3. The van der Waals surface area contributed by atoms with Gasteiger partial charge in [0.1, 0.15) is 5.00 Å². The van der Waals surface area contributed by atoms with E-state index < -0.39 is 30.3 Å². The number of para-hydroxylation sites is 1. The first-order valence-electron chi connectivity index (χ1n) is 9.12. The molecule has 3 rings (SSSR count). The van der Waals surface area contributed by atoms with Crippen LogP contribution in [0.15, 0.2) is 35.7 Å². The third kappa shape index (κ3) is 4.62. The molecule has 1 aliphatic heterocycles. The average molecular weight is 415 g/mol. The second-order valence-electron chi connectivity index (χ2n) is 6.57. The minimum Gasteiger partial charge on any atom is -0.455 e. The Labute approximate surface area is 171 Å². The summed E-state index contributed by atoms with van der Waals surface area (Å²) in [5.41, 5.74) is 7.24. The molecule has 0 saturated carbocycles. The summed E-state index contributed by atoms with van der Waals surface area (Å²) >= 11 is 1.14. The maximum absolute atomic E-state index is 12.4. The van der Waals surface area contributed by atoms with Crippen LogP contribution in [0.5, 0.6) is 0 Å². The molecule has 1 aromatic carbocycles. The van der Waals surface area contributed by atoms with Gasteiger partial charge in [-0.2, -0.15) is 0 Å². The molecule has 1 aromatic heterocycles. The second-order valence-corrected chi connectivity index (χ2v) is 7.49. The van der Waals surface area contributed by atoms with E-state index in [-0.39, 0.29) is 24.4 Å². The van der Waals surface area contributed by atoms with E-state index in [0.717, 1.165) is 29.0 Å². The van der Waals surface area contributed by atoms with Crippen molar-refractivity contribution >= 4 is 45.7 Å². The van der Waals surface area contributed by atoms with Gasteiger partial charge in [-0.05, 0) is 29.5 Å². The topological polar surface area (TPSA) is 119 Å². The van der Waals surface area contributed by atoms with E-state index in [9.17, 15) is 19.2 Å². The van der Waals surface area contributed by atoms with E-state index in [1.807, 2.05) is 31.2 Å². The van der Waals surface area contributed by atoms with Gasteiger partial charge in [-0.25, -0.2) is 0 Å². The van der Waals surface area contributed by atoms with Gasteiger partial charge in [0.15, 0.2) is 6.61 Å². The zero-order chi connectivity index (χ0) is 21.0. The van der Waals surface area contributed by atoms with E-state index in [1.54, 1.807) is 10.3 Å². The van der Waals surface area contributed by atoms with Crippen molar-refractivity contribution in [2.75, 3.05) is 23.4 Å². The van der Waals surface area contributed by atoms with Crippen LogP contribution < -0.4 is 16.0 Å².